The first-order valence-electron chi connectivity index (χ1n) is 8.44. The van der Waals surface area contributed by atoms with Crippen LogP contribution in [-0.4, -0.2) is 24.2 Å². The SMILES string of the molecule is C=C/C=C(/O)C=C.CCC(=O)OC(C)CC1CCCCC1.CN. The van der Waals surface area contributed by atoms with Crippen LogP contribution in [0.3, 0.4) is 0 Å². The van der Waals surface area contributed by atoms with Gasteiger partial charge in [0.1, 0.15) is 5.76 Å². The van der Waals surface area contributed by atoms with E-state index in [1.807, 2.05) is 13.8 Å². The summed E-state index contributed by atoms with van der Waals surface area (Å²) >= 11 is 0. The van der Waals surface area contributed by atoms with E-state index in [4.69, 9.17) is 9.84 Å². The van der Waals surface area contributed by atoms with E-state index >= 15 is 0 Å². The summed E-state index contributed by atoms with van der Waals surface area (Å²) in [6.45, 7) is 10.5. The van der Waals surface area contributed by atoms with E-state index in [9.17, 15) is 4.79 Å². The number of allylic oxidation sites excluding steroid dienone is 3. The van der Waals surface area contributed by atoms with Crippen LogP contribution in [0.4, 0.5) is 0 Å². The van der Waals surface area contributed by atoms with Gasteiger partial charge in [0.25, 0.3) is 0 Å². The quantitative estimate of drug-likeness (QED) is 0.423. The zero-order valence-corrected chi connectivity index (χ0v) is 15.1. The third-order valence-corrected chi connectivity index (χ3v) is 3.51. The molecule has 23 heavy (non-hydrogen) atoms. The van der Waals surface area contributed by atoms with Crippen LogP contribution in [-0.2, 0) is 9.53 Å². The molecule has 0 bridgehead atoms. The number of hydrogen-bond acceptors (Lipinski definition) is 4. The average molecular weight is 325 g/mol. The molecule has 4 heteroatoms. The normalized spacial score (nSPS) is 15.9. The first-order chi connectivity index (χ1) is 11.0. The third-order valence-electron chi connectivity index (χ3n) is 3.51. The van der Waals surface area contributed by atoms with Crippen molar-refractivity contribution in [2.75, 3.05) is 7.05 Å². The van der Waals surface area contributed by atoms with Gasteiger partial charge in [-0.1, -0.05) is 58.3 Å². The Morgan fingerprint density at radius 1 is 1.30 bits per heavy atom. The van der Waals surface area contributed by atoms with Gasteiger partial charge < -0.3 is 15.6 Å². The maximum absolute atomic E-state index is 11.0. The van der Waals surface area contributed by atoms with Crippen LogP contribution < -0.4 is 5.73 Å². The van der Waals surface area contributed by atoms with E-state index in [1.165, 1.54) is 57.4 Å². The Morgan fingerprint density at radius 3 is 2.26 bits per heavy atom. The molecule has 0 amide bonds. The van der Waals surface area contributed by atoms with Gasteiger partial charge in [-0.05, 0) is 38.5 Å². The molecule has 1 atom stereocenters. The van der Waals surface area contributed by atoms with Gasteiger partial charge in [-0.2, -0.15) is 0 Å². The summed E-state index contributed by atoms with van der Waals surface area (Å²) in [5.41, 5.74) is 4.50. The predicted molar refractivity (Wildman–Crippen MR) is 98.3 cm³/mol. The maximum Gasteiger partial charge on any atom is 0.305 e. The number of rotatable bonds is 6. The molecule has 1 unspecified atom stereocenters. The minimum Gasteiger partial charge on any atom is -0.508 e. The monoisotopic (exact) mass is 325 g/mol. The summed E-state index contributed by atoms with van der Waals surface area (Å²) in [5, 5.41) is 8.53. The molecule has 0 aliphatic heterocycles. The van der Waals surface area contributed by atoms with Crippen molar-refractivity contribution in [3.05, 3.63) is 37.1 Å². The third kappa shape index (κ3) is 15.1. The van der Waals surface area contributed by atoms with E-state index in [0.717, 1.165) is 12.3 Å². The van der Waals surface area contributed by atoms with Crippen molar-refractivity contribution >= 4 is 5.97 Å². The van der Waals surface area contributed by atoms with E-state index in [2.05, 4.69) is 18.9 Å². The Kier molecular flexibility index (Phi) is 17.3. The number of aliphatic hydroxyl groups is 1. The Bertz CT molecular complexity index is 345. The lowest BCUT2D eigenvalue weighted by Crippen LogP contribution is -2.19. The lowest BCUT2D eigenvalue weighted by atomic mass is 9.86. The molecule has 0 heterocycles. The lowest BCUT2D eigenvalue weighted by molar-refractivity contribution is -0.148. The molecular formula is C19H35NO3. The second kappa shape index (κ2) is 16.8. The molecule has 1 saturated carbocycles. The highest BCUT2D eigenvalue weighted by molar-refractivity contribution is 5.69. The molecule has 1 aliphatic carbocycles. The number of hydrogen-bond donors (Lipinski definition) is 2. The summed E-state index contributed by atoms with van der Waals surface area (Å²) < 4.78 is 5.26. The number of esters is 1. The van der Waals surface area contributed by atoms with Gasteiger partial charge in [0.15, 0.2) is 0 Å². The Balaban J connectivity index is 0. The van der Waals surface area contributed by atoms with Crippen molar-refractivity contribution in [3.63, 3.8) is 0 Å². The minimum absolute atomic E-state index is 0.0618. The smallest absolute Gasteiger partial charge is 0.305 e. The summed E-state index contributed by atoms with van der Waals surface area (Å²) in [5.74, 6) is 0.881. The fourth-order valence-electron chi connectivity index (χ4n) is 2.44. The molecule has 0 saturated heterocycles. The van der Waals surface area contributed by atoms with Crippen LogP contribution in [0.5, 0.6) is 0 Å². The highest BCUT2D eigenvalue weighted by Crippen LogP contribution is 2.27. The molecular weight excluding hydrogens is 290 g/mol. The molecule has 0 radical (unpaired) electrons. The second-order valence-electron chi connectivity index (χ2n) is 5.43. The number of carbonyl (C=O) groups is 1. The fraction of sp³-hybridized carbons (Fsp3) is 0.632. The predicted octanol–water partition coefficient (Wildman–Crippen LogP) is 4.67. The zero-order valence-electron chi connectivity index (χ0n) is 15.1. The largest absolute Gasteiger partial charge is 0.508 e. The molecule has 1 rings (SSSR count). The number of aliphatic hydroxyl groups excluding tert-OH is 1. The van der Waals surface area contributed by atoms with Crippen LogP contribution in [0.2, 0.25) is 0 Å². The molecule has 3 N–H and O–H groups in total. The molecule has 0 aromatic heterocycles. The van der Waals surface area contributed by atoms with E-state index in [1.54, 1.807) is 0 Å². The Hall–Kier alpha value is -1.55. The summed E-state index contributed by atoms with van der Waals surface area (Å²) in [4.78, 5) is 11.0. The standard InChI is InChI=1S/C12H22O2.C6H8O.CH5N/c1-3-12(13)14-10(2)9-11-7-5-4-6-8-11;1-3-5-6(7)4-2;1-2/h10-11H,3-9H2,1-2H3;3-5,7H,1-2H2;2H2,1H3/b;6-5+;. The Morgan fingerprint density at radius 2 is 1.87 bits per heavy atom. The van der Waals surface area contributed by atoms with Crippen LogP contribution in [0.15, 0.2) is 37.1 Å². The van der Waals surface area contributed by atoms with Crippen LogP contribution in [0.1, 0.15) is 58.8 Å². The molecule has 0 aromatic rings. The Labute approximate surface area is 142 Å². The van der Waals surface area contributed by atoms with E-state index < -0.39 is 0 Å². The lowest BCUT2D eigenvalue weighted by Gasteiger charge is -2.24. The molecule has 134 valence electrons. The molecule has 1 aliphatic rings. The first-order valence-corrected chi connectivity index (χ1v) is 8.44. The summed E-state index contributed by atoms with van der Waals surface area (Å²) in [7, 11) is 1.50. The van der Waals surface area contributed by atoms with Crippen LogP contribution >= 0.6 is 0 Å². The molecule has 1 fully saturated rings. The highest BCUT2D eigenvalue weighted by atomic mass is 16.5. The van der Waals surface area contributed by atoms with E-state index in [0.29, 0.717) is 6.42 Å². The minimum atomic E-state index is -0.0618. The van der Waals surface area contributed by atoms with Crippen LogP contribution in [0, 0.1) is 5.92 Å². The molecule has 0 spiro atoms. The van der Waals surface area contributed by atoms with Crippen molar-refractivity contribution in [2.24, 2.45) is 11.7 Å². The topological polar surface area (TPSA) is 72.5 Å². The first kappa shape index (κ1) is 23.7. The van der Waals surface area contributed by atoms with Gasteiger partial charge in [0, 0.05) is 6.42 Å². The van der Waals surface area contributed by atoms with Crippen molar-refractivity contribution in [1.29, 1.82) is 0 Å². The van der Waals surface area contributed by atoms with Gasteiger partial charge in [-0.15, -0.1) is 0 Å². The molecule has 4 nitrogen and oxygen atoms in total. The van der Waals surface area contributed by atoms with Gasteiger partial charge in [-0.3, -0.25) is 4.79 Å². The number of carbonyl (C=O) groups excluding carboxylic acids is 1. The van der Waals surface area contributed by atoms with Crippen molar-refractivity contribution in [3.8, 4) is 0 Å². The zero-order chi connectivity index (χ0) is 18.1. The van der Waals surface area contributed by atoms with Crippen LogP contribution in [0.25, 0.3) is 0 Å². The van der Waals surface area contributed by atoms with Crippen molar-refractivity contribution in [1.82, 2.24) is 0 Å². The second-order valence-corrected chi connectivity index (χ2v) is 5.43. The summed E-state index contributed by atoms with van der Waals surface area (Å²) in [6, 6.07) is 0. The number of nitrogens with two attached hydrogens (primary N) is 1. The average Bonchev–Trinajstić information content (AvgIpc) is 2.58. The van der Waals surface area contributed by atoms with Gasteiger partial charge in [0.05, 0.1) is 6.10 Å². The van der Waals surface area contributed by atoms with Gasteiger partial charge in [0.2, 0.25) is 0 Å². The fourth-order valence-corrected chi connectivity index (χ4v) is 2.44. The number of ether oxygens (including phenoxy) is 1. The maximum atomic E-state index is 11.0. The van der Waals surface area contributed by atoms with Crippen molar-refractivity contribution in [2.45, 2.75) is 64.9 Å². The summed E-state index contributed by atoms with van der Waals surface area (Å²) in [6.07, 6.45) is 12.7. The van der Waals surface area contributed by atoms with Gasteiger partial charge in [-0.25, -0.2) is 0 Å². The van der Waals surface area contributed by atoms with Gasteiger partial charge >= 0.3 is 5.97 Å². The van der Waals surface area contributed by atoms with E-state index in [-0.39, 0.29) is 17.8 Å². The van der Waals surface area contributed by atoms with Crippen molar-refractivity contribution < 1.29 is 14.6 Å². The highest BCUT2D eigenvalue weighted by Gasteiger charge is 2.18. The molecule has 0 aromatic carbocycles.